The van der Waals surface area contributed by atoms with Crippen LogP contribution in [0.1, 0.15) is 32.8 Å². The lowest BCUT2D eigenvalue weighted by atomic mass is 9.70. The van der Waals surface area contributed by atoms with E-state index in [1.165, 1.54) is 5.56 Å². The van der Waals surface area contributed by atoms with Crippen LogP contribution >= 0.6 is 0 Å². The van der Waals surface area contributed by atoms with Gasteiger partial charge in [-0.2, -0.15) is 5.26 Å². The van der Waals surface area contributed by atoms with E-state index in [9.17, 15) is 5.26 Å². The highest BCUT2D eigenvalue weighted by Gasteiger charge is 2.34. The number of benzene rings is 1. The first kappa shape index (κ1) is 28.7. The number of rotatable bonds is 14. The van der Waals surface area contributed by atoms with Gasteiger partial charge in [0.05, 0.1) is 39.9 Å². The Kier molecular flexibility index (Phi) is 11.9. The molecule has 1 rings (SSSR count). The molecular weight excluding hydrogens is 428 g/mol. The molecule has 6 nitrogen and oxygen atoms in total. The van der Waals surface area contributed by atoms with Gasteiger partial charge in [0.1, 0.15) is 0 Å². The molecule has 0 amide bonds. The van der Waals surface area contributed by atoms with Crippen molar-refractivity contribution >= 4 is 0 Å². The number of ether oxygens (including phenoxy) is 4. The van der Waals surface area contributed by atoms with Gasteiger partial charge >= 0.3 is 0 Å². The smallest absolute Gasteiger partial charge is 0.160 e. The number of hydrogen-bond donors (Lipinski definition) is 0. The summed E-state index contributed by atoms with van der Waals surface area (Å²) in [7, 11) is 8.43. The van der Waals surface area contributed by atoms with E-state index >= 15 is 0 Å². The lowest BCUT2D eigenvalue weighted by Gasteiger charge is -2.31. The van der Waals surface area contributed by atoms with Crippen molar-refractivity contribution in [1.82, 2.24) is 4.90 Å². The molecule has 1 aromatic carbocycles. The number of likely N-dealkylation sites (N-methyl/N-ethyl adjacent to an activating group) is 1. The molecule has 1 atom stereocenters. The highest BCUT2D eigenvalue weighted by Crippen LogP contribution is 2.39. The first-order valence-electron chi connectivity index (χ1n) is 11.3. The standard InChI is InChI=1S/C28H40N2O4/c1-21(2)28(20-29,22(3)11-13-25(32-7)23(4)31-6)16-10-17-30(5)18-15-24-12-14-26(33-8)27(19-24)34-9/h10-14,17,19,21H,4,15-16,18H2,1-3,5-9H3/b17-10+,22-11+,25-13+/t28-/m0/s1. The normalized spacial score (nSPS) is 13.9. The van der Waals surface area contributed by atoms with Crippen LogP contribution in [0.5, 0.6) is 11.5 Å². The van der Waals surface area contributed by atoms with Crippen LogP contribution in [0.2, 0.25) is 0 Å². The summed E-state index contributed by atoms with van der Waals surface area (Å²) in [4.78, 5) is 2.13. The van der Waals surface area contributed by atoms with Crippen molar-refractivity contribution in [2.45, 2.75) is 33.6 Å². The Hall–Kier alpha value is -3.33. The van der Waals surface area contributed by atoms with Gasteiger partial charge in [-0.15, -0.1) is 0 Å². The van der Waals surface area contributed by atoms with Crippen molar-refractivity contribution in [1.29, 1.82) is 5.26 Å². The third-order valence-corrected chi connectivity index (χ3v) is 6.12. The predicted molar refractivity (Wildman–Crippen MR) is 138 cm³/mol. The molecule has 1 aromatic rings. The minimum Gasteiger partial charge on any atom is -0.494 e. The monoisotopic (exact) mass is 468 g/mol. The van der Waals surface area contributed by atoms with Crippen molar-refractivity contribution in [3.63, 3.8) is 0 Å². The molecule has 0 fully saturated rings. The molecule has 34 heavy (non-hydrogen) atoms. The fraction of sp³-hybridized carbons (Fsp3) is 0.464. The highest BCUT2D eigenvalue weighted by molar-refractivity contribution is 5.43. The van der Waals surface area contributed by atoms with Crippen LogP contribution in [0.15, 0.2) is 66.3 Å². The Bertz CT molecular complexity index is 940. The average Bonchev–Trinajstić information content (AvgIpc) is 2.84. The predicted octanol–water partition coefficient (Wildman–Crippen LogP) is 5.88. The Balaban J connectivity index is 2.92. The van der Waals surface area contributed by atoms with Crippen LogP contribution in [0, 0.1) is 22.7 Å². The van der Waals surface area contributed by atoms with E-state index in [-0.39, 0.29) is 5.92 Å². The molecule has 0 bridgehead atoms. The van der Waals surface area contributed by atoms with Crippen LogP contribution < -0.4 is 9.47 Å². The van der Waals surface area contributed by atoms with E-state index in [4.69, 9.17) is 18.9 Å². The molecule has 0 aromatic heterocycles. The van der Waals surface area contributed by atoms with Gasteiger partial charge < -0.3 is 23.8 Å². The molecule has 0 N–H and O–H groups in total. The number of hydrogen-bond acceptors (Lipinski definition) is 6. The lowest BCUT2D eigenvalue weighted by molar-refractivity contribution is 0.221. The quantitative estimate of drug-likeness (QED) is 0.251. The van der Waals surface area contributed by atoms with Crippen LogP contribution in [-0.2, 0) is 15.9 Å². The zero-order valence-electron chi connectivity index (χ0n) is 22.0. The fourth-order valence-corrected chi connectivity index (χ4v) is 3.67. The van der Waals surface area contributed by atoms with Crippen LogP contribution in [0.4, 0.5) is 0 Å². The maximum atomic E-state index is 10.1. The molecule has 0 aliphatic heterocycles. The van der Waals surface area contributed by atoms with Crippen molar-refractivity contribution < 1.29 is 18.9 Å². The van der Waals surface area contributed by atoms with Crippen molar-refractivity contribution in [2.75, 3.05) is 42.0 Å². The maximum absolute atomic E-state index is 10.1. The van der Waals surface area contributed by atoms with Crippen LogP contribution in [-0.4, -0.2) is 46.9 Å². The second-order valence-corrected chi connectivity index (χ2v) is 8.46. The van der Waals surface area contributed by atoms with Crippen molar-refractivity contribution in [3.05, 3.63) is 71.9 Å². The van der Waals surface area contributed by atoms with Crippen LogP contribution in [0.25, 0.3) is 0 Å². The molecule has 0 saturated carbocycles. The lowest BCUT2D eigenvalue weighted by Crippen LogP contribution is -2.26. The summed E-state index contributed by atoms with van der Waals surface area (Å²) in [5.41, 5.74) is 1.49. The second kappa shape index (κ2) is 14.0. The van der Waals surface area contributed by atoms with Crippen LogP contribution in [0.3, 0.4) is 0 Å². The molecule has 0 aliphatic rings. The first-order valence-corrected chi connectivity index (χ1v) is 11.3. The van der Waals surface area contributed by atoms with E-state index in [0.717, 1.165) is 30.0 Å². The van der Waals surface area contributed by atoms with Gasteiger partial charge in [0.2, 0.25) is 0 Å². The van der Waals surface area contributed by atoms with Gasteiger partial charge in [-0.3, -0.25) is 0 Å². The molecule has 0 saturated heterocycles. The SMILES string of the molecule is C=C(OC)/C(=C\C=C(/C)[C@](C#N)(C/C=C/N(C)CCc1ccc(OC)c(OC)c1)C(C)C)OC. The zero-order chi connectivity index (χ0) is 25.7. The molecular formula is C28H40N2O4. The summed E-state index contributed by atoms with van der Waals surface area (Å²) in [6, 6.07) is 8.54. The summed E-state index contributed by atoms with van der Waals surface area (Å²) in [6.07, 6.45) is 9.30. The number of nitrogens with zero attached hydrogens (tertiary/aromatic N) is 2. The molecule has 0 spiro atoms. The summed E-state index contributed by atoms with van der Waals surface area (Å²) < 4.78 is 21.2. The Labute approximate surface area is 205 Å². The summed E-state index contributed by atoms with van der Waals surface area (Å²) in [5, 5.41) is 10.1. The largest absolute Gasteiger partial charge is 0.494 e. The second-order valence-electron chi connectivity index (χ2n) is 8.46. The topological polar surface area (TPSA) is 64.0 Å². The maximum Gasteiger partial charge on any atom is 0.160 e. The molecule has 0 aliphatic carbocycles. The molecule has 186 valence electrons. The molecule has 6 heteroatoms. The highest BCUT2D eigenvalue weighted by atomic mass is 16.5. The Morgan fingerprint density at radius 3 is 2.32 bits per heavy atom. The summed E-state index contributed by atoms with van der Waals surface area (Å²) >= 11 is 0. The zero-order valence-corrected chi connectivity index (χ0v) is 22.0. The molecule has 0 unspecified atom stereocenters. The van der Waals surface area contributed by atoms with Crippen molar-refractivity contribution in [3.8, 4) is 17.6 Å². The van der Waals surface area contributed by atoms with Gasteiger partial charge in [-0.25, -0.2) is 0 Å². The molecule has 0 radical (unpaired) electrons. The minimum absolute atomic E-state index is 0.125. The summed E-state index contributed by atoms with van der Waals surface area (Å²) in [5.74, 6) is 2.55. The van der Waals surface area contributed by atoms with Crippen molar-refractivity contribution in [2.24, 2.45) is 11.3 Å². The number of methoxy groups -OCH3 is 4. The van der Waals surface area contributed by atoms with Gasteiger partial charge in [0.25, 0.3) is 0 Å². The Morgan fingerprint density at radius 2 is 1.79 bits per heavy atom. The van der Waals surface area contributed by atoms with E-state index in [1.807, 2.05) is 44.4 Å². The van der Waals surface area contributed by atoms with E-state index in [0.29, 0.717) is 17.9 Å². The van der Waals surface area contributed by atoms with Gasteiger partial charge in [-0.05, 0) is 55.7 Å². The fourth-order valence-electron chi connectivity index (χ4n) is 3.67. The first-order chi connectivity index (χ1) is 16.2. The molecule has 0 heterocycles. The van der Waals surface area contributed by atoms with Gasteiger partial charge in [-0.1, -0.05) is 44.2 Å². The third-order valence-electron chi connectivity index (χ3n) is 6.12. The Morgan fingerprint density at radius 1 is 1.12 bits per heavy atom. The number of allylic oxidation sites excluding steroid dienone is 4. The van der Waals surface area contributed by atoms with E-state index in [2.05, 4.69) is 37.5 Å². The van der Waals surface area contributed by atoms with E-state index < -0.39 is 5.41 Å². The third kappa shape index (κ3) is 7.62. The average molecular weight is 469 g/mol. The minimum atomic E-state index is -0.634. The summed E-state index contributed by atoms with van der Waals surface area (Å²) in [6.45, 7) is 10.8. The van der Waals surface area contributed by atoms with Gasteiger partial charge in [0.15, 0.2) is 23.0 Å². The van der Waals surface area contributed by atoms with Gasteiger partial charge in [0, 0.05) is 13.6 Å². The number of nitriles is 1. The van der Waals surface area contributed by atoms with E-state index in [1.54, 1.807) is 34.5 Å².